The fraction of sp³-hybridized carbons (Fsp3) is 0.118. The second kappa shape index (κ2) is 5.62. The fourth-order valence-corrected chi connectivity index (χ4v) is 2.28. The topological polar surface area (TPSA) is 39.4 Å². The summed E-state index contributed by atoms with van der Waals surface area (Å²) in [6, 6.07) is 12.6. The highest BCUT2D eigenvalue weighted by atomic mass is 35.5. The van der Waals surface area contributed by atoms with Crippen molar-refractivity contribution in [1.82, 2.24) is 0 Å². The molecule has 0 saturated heterocycles. The predicted octanol–water partition coefficient (Wildman–Crippen LogP) is 4.54. The number of aryl methyl sites for hydroxylation is 1. The average molecular weight is 301 g/mol. The van der Waals surface area contributed by atoms with E-state index in [-0.39, 0.29) is 12.4 Å². The Bertz CT molecular complexity index is 787. The highest BCUT2D eigenvalue weighted by Crippen LogP contribution is 2.23. The summed E-state index contributed by atoms with van der Waals surface area (Å²) >= 11 is 5.79. The Morgan fingerprint density at radius 3 is 2.71 bits per heavy atom. The number of hydrogen-bond donors (Lipinski definition) is 0. The third kappa shape index (κ3) is 3.09. The Balaban J connectivity index is 1.77. The number of furan rings is 1. The van der Waals surface area contributed by atoms with E-state index in [0.717, 1.165) is 22.1 Å². The van der Waals surface area contributed by atoms with E-state index in [1.165, 1.54) is 0 Å². The first-order valence-electron chi connectivity index (χ1n) is 6.55. The Labute approximate surface area is 127 Å². The molecule has 0 amide bonds. The molecule has 106 valence electrons. The van der Waals surface area contributed by atoms with Gasteiger partial charge < -0.3 is 9.15 Å². The van der Waals surface area contributed by atoms with Crippen LogP contribution in [0.4, 0.5) is 0 Å². The van der Waals surface area contributed by atoms with Gasteiger partial charge in [-0.3, -0.25) is 4.79 Å². The van der Waals surface area contributed by atoms with Gasteiger partial charge in [0.15, 0.2) is 0 Å². The maximum Gasteiger partial charge on any atom is 0.315 e. The van der Waals surface area contributed by atoms with Gasteiger partial charge in [0.25, 0.3) is 0 Å². The van der Waals surface area contributed by atoms with Crippen molar-refractivity contribution in [3.05, 3.63) is 64.9 Å². The molecule has 1 heterocycles. The summed E-state index contributed by atoms with van der Waals surface area (Å²) < 4.78 is 10.7. The molecule has 3 nitrogen and oxygen atoms in total. The summed E-state index contributed by atoms with van der Waals surface area (Å²) in [7, 11) is 0. The quantitative estimate of drug-likeness (QED) is 0.526. The monoisotopic (exact) mass is 300 g/mol. The van der Waals surface area contributed by atoms with Crippen molar-refractivity contribution >= 4 is 28.5 Å². The largest absolute Gasteiger partial charge is 0.464 e. The second-order valence-corrected chi connectivity index (χ2v) is 5.30. The van der Waals surface area contributed by atoms with E-state index in [4.69, 9.17) is 20.8 Å². The Kier molecular flexibility index (Phi) is 3.67. The van der Waals surface area contributed by atoms with Crippen molar-refractivity contribution in [3.63, 3.8) is 0 Å². The van der Waals surface area contributed by atoms with Crippen LogP contribution in [0, 0.1) is 6.92 Å². The smallest absolute Gasteiger partial charge is 0.315 e. The molecule has 0 atom stereocenters. The number of fused-ring (bicyclic) bond motifs is 1. The lowest BCUT2D eigenvalue weighted by Gasteiger charge is -2.03. The lowest BCUT2D eigenvalue weighted by molar-refractivity contribution is -0.133. The van der Waals surface area contributed by atoms with Gasteiger partial charge in [0.05, 0.1) is 12.7 Å². The number of ether oxygens (including phenoxy) is 1. The van der Waals surface area contributed by atoms with Gasteiger partial charge in [-0.2, -0.15) is 0 Å². The summed E-state index contributed by atoms with van der Waals surface area (Å²) in [6.45, 7) is 2.00. The molecule has 0 fully saturated rings. The van der Waals surface area contributed by atoms with Gasteiger partial charge in [0.1, 0.15) is 11.3 Å². The van der Waals surface area contributed by atoms with E-state index in [1.807, 2.05) is 25.1 Å². The minimum Gasteiger partial charge on any atom is -0.464 e. The van der Waals surface area contributed by atoms with Gasteiger partial charge in [-0.05, 0) is 43.3 Å². The van der Waals surface area contributed by atoms with Crippen molar-refractivity contribution in [2.24, 2.45) is 0 Å². The molecule has 0 saturated carbocycles. The Morgan fingerprint density at radius 2 is 1.95 bits per heavy atom. The molecule has 0 aliphatic carbocycles. The fourth-order valence-electron chi connectivity index (χ4n) is 2.16. The summed E-state index contributed by atoms with van der Waals surface area (Å²) in [5, 5.41) is 1.55. The lowest BCUT2D eigenvalue weighted by Crippen LogP contribution is -2.10. The van der Waals surface area contributed by atoms with Gasteiger partial charge in [-0.15, -0.1) is 0 Å². The third-order valence-electron chi connectivity index (χ3n) is 3.19. The summed E-state index contributed by atoms with van der Waals surface area (Å²) in [4.78, 5) is 12.0. The first-order valence-corrected chi connectivity index (χ1v) is 6.92. The van der Waals surface area contributed by atoms with E-state index in [2.05, 4.69) is 0 Å². The molecule has 0 radical (unpaired) electrons. The summed E-state index contributed by atoms with van der Waals surface area (Å²) in [5.41, 5.74) is 2.72. The minimum atomic E-state index is -0.332. The molecule has 2 aromatic carbocycles. The number of carbonyl (C=O) groups is 1. The molecule has 4 heteroatoms. The molecule has 0 N–H and O–H groups in total. The molecule has 0 unspecified atom stereocenters. The van der Waals surface area contributed by atoms with Crippen LogP contribution in [0.25, 0.3) is 11.0 Å². The second-order valence-electron chi connectivity index (χ2n) is 4.87. The van der Waals surface area contributed by atoms with E-state index in [9.17, 15) is 4.79 Å². The molecule has 3 aromatic rings. The number of halogens is 1. The summed E-state index contributed by atoms with van der Waals surface area (Å²) in [6.07, 6.45) is 1.77. The number of hydrogen-bond acceptors (Lipinski definition) is 3. The number of esters is 1. The average Bonchev–Trinajstić information content (AvgIpc) is 2.84. The molecule has 3 rings (SSSR count). The minimum absolute atomic E-state index is 0.166. The van der Waals surface area contributed by atoms with Crippen LogP contribution < -0.4 is 4.74 Å². The Hall–Kier alpha value is -2.26. The van der Waals surface area contributed by atoms with E-state index in [1.54, 1.807) is 30.5 Å². The number of carbonyl (C=O) groups excluding carboxylic acids is 1. The molecule has 0 aliphatic rings. The van der Waals surface area contributed by atoms with Crippen molar-refractivity contribution in [1.29, 1.82) is 0 Å². The molecule has 1 aromatic heterocycles. The van der Waals surface area contributed by atoms with Gasteiger partial charge >= 0.3 is 5.97 Å². The van der Waals surface area contributed by atoms with Crippen LogP contribution in [0.15, 0.2) is 53.1 Å². The standard InChI is InChI=1S/C17H13ClO3/c1-11-2-7-16-15(8-11)12(10-20-16)9-17(19)21-14-5-3-13(18)4-6-14/h2-8,10H,9H2,1H3. The maximum atomic E-state index is 12.0. The van der Waals surface area contributed by atoms with Crippen molar-refractivity contribution in [2.75, 3.05) is 0 Å². The maximum absolute atomic E-state index is 12.0. The van der Waals surface area contributed by atoms with Crippen LogP contribution in [0.2, 0.25) is 5.02 Å². The molecule has 0 aliphatic heterocycles. The van der Waals surface area contributed by atoms with Crippen LogP contribution in [0.1, 0.15) is 11.1 Å². The van der Waals surface area contributed by atoms with Crippen molar-refractivity contribution < 1.29 is 13.9 Å². The van der Waals surface area contributed by atoms with Crippen LogP contribution in [-0.2, 0) is 11.2 Å². The normalized spacial score (nSPS) is 10.8. The lowest BCUT2D eigenvalue weighted by atomic mass is 10.1. The van der Waals surface area contributed by atoms with Crippen LogP contribution >= 0.6 is 11.6 Å². The van der Waals surface area contributed by atoms with Crippen LogP contribution in [0.5, 0.6) is 5.75 Å². The molecular formula is C17H13ClO3. The molecule has 0 bridgehead atoms. The molecular weight excluding hydrogens is 288 g/mol. The van der Waals surface area contributed by atoms with Crippen molar-refractivity contribution in [3.8, 4) is 5.75 Å². The van der Waals surface area contributed by atoms with Gasteiger partial charge in [0.2, 0.25) is 0 Å². The van der Waals surface area contributed by atoms with Gasteiger partial charge in [0, 0.05) is 16.0 Å². The molecule has 21 heavy (non-hydrogen) atoms. The first-order chi connectivity index (χ1) is 10.1. The highest BCUT2D eigenvalue weighted by Gasteiger charge is 2.12. The van der Waals surface area contributed by atoms with Crippen LogP contribution in [0.3, 0.4) is 0 Å². The zero-order valence-corrected chi connectivity index (χ0v) is 12.2. The SMILES string of the molecule is Cc1ccc2occ(CC(=O)Oc3ccc(Cl)cc3)c2c1. The number of rotatable bonds is 3. The Morgan fingerprint density at radius 1 is 1.19 bits per heavy atom. The first kappa shape index (κ1) is 13.7. The van der Waals surface area contributed by atoms with Gasteiger partial charge in [-0.1, -0.05) is 23.2 Å². The highest BCUT2D eigenvalue weighted by molar-refractivity contribution is 6.30. The number of benzene rings is 2. The summed E-state index contributed by atoms with van der Waals surface area (Å²) in [5.74, 6) is 0.148. The van der Waals surface area contributed by atoms with Gasteiger partial charge in [-0.25, -0.2) is 0 Å². The predicted molar refractivity (Wildman–Crippen MR) is 81.7 cm³/mol. The van der Waals surface area contributed by atoms with Crippen molar-refractivity contribution in [2.45, 2.75) is 13.3 Å². The zero-order valence-electron chi connectivity index (χ0n) is 11.4. The van der Waals surface area contributed by atoms with E-state index >= 15 is 0 Å². The van der Waals surface area contributed by atoms with Crippen LogP contribution in [-0.4, -0.2) is 5.97 Å². The van der Waals surface area contributed by atoms with E-state index in [0.29, 0.717) is 10.8 Å². The molecule has 0 spiro atoms. The third-order valence-corrected chi connectivity index (χ3v) is 3.44. The zero-order chi connectivity index (χ0) is 14.8. The van der Waals surface area contributed by atoms with E-state index < -0.39 is 0 Å².